The Morgan fingerprint density at radius 3 is 2.17 bits per heavy atom. The van der Waals surface area contributed by atoms with Crippen LogP contribution in [0.25, 0.3) is 0 Å². The van der Waals surface area contributed by atoms with E-state index in [-0.39, 0.29) is 6.42 Å². The van der Waals surface area contributed by atoms with E-state index in [0.717, 1.165) is 6.42 Å². The number of aliphatic carboxylic acids is 2. The minimum absolute atomic E-state index is 0.310. The number of hydrogen-bond acceptors (Lipinski definition) is 3. The topological polar surface area (TPSA) is 77.8 Å². The van der Waals surface area contributed by atoms with Gasteiger partial charge < -0.3 is 10.2 Å². The van der Waals surface area contributed by atoms with Crippen LogP contribution < -0.4 is 0 Å². The zero-order valence-corrected chi connectivity index (χ0v) is 6.56. The lowest BCUT2D eigenvalue weighted by Gasteiger charge is -2.35. The van der Waals surface area contributed by atoms with Crippen LogP contribution in [0.2, 0.25) is 0 Å². The zero-order valence-electron chi connectivity index (χ0n) is 6.56. The standard InChI is InChI=1S/C7H11NO4/c9-6(10)4-5(7(11)12)8-2-1-3-8/h5H,1-4H2,(H,9,10)(H,11,12). The third-order valence-corrected chi connectivity index (χ3v) is 1.98. The average Bonchev–Trinajstić information content (AvgIpc) is 1.80. The van der Waals surface area contributed by atoms with Gasteiger partial charge in [-0.25, -0.2) is 0 Å². The van der Waals surface area contributed by atoms with Crippen molar-refractivity contribution < 1.29 is 19.8 Å². The Kier molecular flexibility index (Phi) is 2.65. The molecule has 0 aliphatic carbocycles. The Morgan fingerprint density at radius 2 is 1.92 bits per heavy atom. The highest BCUT2D eigenvalue weighted by Crippen LogP contribution is 2.13. The first-order valence-corrected chi connectivity index (χ1v) is 3.80. The molecule has 12 heavy (non-hydrogen) atoms. The second-order valence-corrected chi connectivity index (χ2v) is 2.84. The fraction of sp³-hybridized carbons (Fsp3) is 0.714. The van der Waals surface area contributed by atoms with Crippen molar-refractivity contribution in [3.05, 3.63) is 0 Å². The highest BCUT2D eigenvalue weighted by atomic mass is 16.4. The molecule has 1 rings (SSSR count). The molecule has 68 valence electrons. The van der Waals surface area contributed by atoms with E-state index in [0.29, 0.717) is 13.1 Å². The SMILES string of the molecule is O=C(O)CC(C(=O)O)N1CCC1. The molecule has 0 aromatic rings. The molecule has 1 fully saturated rings. The zero-order chi connectivity index (χ0) is 9.14. The molecule has 1 aliphatic rings. The first kappa shape index (κ1) is 8.99. The first-order chi connectivity index (χ1) is 5.61. The monoisotopic (exact) mass is 173 g/mol. The second-order valence-electron chi connectivity index (χ2n) is 2.84. The maximum absolute atomic E-state index is 10.6. The number of nitrogens with zero attached hydrogens (tertiary/aromatic N) is 1. The smallest absolute Gasteiger partial charge is 0.321 e. The van der Waals surface area contributed by atoms with Gasteiger partial charge >= 0.3 is 11.9 Å². The van der Waals surface area contributed by atoms with E-state index in [2.05, 4.69) is 0 Å². The molecule has 1 unspecified atom stereocenters. The third kappa shape index (κ3) is 1.94. The summed E-state index contributed by atoms with van der Waals surface area (Å²) in [5.41, 5.74) is 0. The molecule has 0 amide bonds. The number of carbonyl (C=O) groups is 2. The van der Waals surface area contributed by atoms with E-state index >= 15 is 0 Å². The Labute approximate surface area is 69.6 Å². The van der Waals surface area contributed by atoms with Gasteiger partial charge in [0, 0.05) is 13.1 Å². The van der Waals surface area contributed by atoms with Crippen LogP contribution in [0.3, 0.4) is 0 Å². The summed E-state index contributed by atoms with van der Waals surface area (Å²) in [6.45, 7) is 1.40. The van der Waals surface area contributed by atoms with Gasteiger partial charge in [0.2, 0.25) is 0 Å². The lowest BCUT2D eigenvalue weighted by Crippen LogP contribution is -2.49. The highest BCUT2D eigenvalue weighted by Gasteiger charge is 2.31. The quantitative estimate of drug-likeness (QED) is 0.606. The summed E-state index contributed by atoms with van der Waals surface area (Å²) in [7, 11) is 0. The molecule has 0 saturated carbocycles. The lowest BCUT2D eigenvalue weighted by atomic mass is 10.1. The Bertz CT molecular complexity index is 200. The van der Waals surface area contributed by atoms with Gasteiger partial charge in [0.15, 0.2) is 0 Å². The van der Waals surface area contributed by atoms with Gasteiger partial charge in [-0.05, 0) is 6.42 Å². The lowest BCUT2D eigenvalue weighted by molar-refractivity contribution is -0.151. The van der Waals surface area contributed by atoms with E-state index in [9.17, 15) is 9.59 Å². The van der Waals surface area contributed by atoms with E-state index in [1.807, 2.05) is 0 Å². The summed E-state index contributed by atoms with van der Waals surface area (Å²) in [6.07, 6.45) is 0.652. The number of hydrogen-bond donors (Lipinski definition) is 2. The van der Waals surface area contributed by atoms with Crippen molar-refractivity contribution in [1.29, 1.82) is 0 Å². The van der Waals surface area contributed by atoms with E-state index < -0.39 is 18.0 Å². The Hall–Kier alpha value is -1.10. The van der Waals surface area contributed by atoms with Crippen LogP contribution in [-0.2, 0) is 9.59 Å². The van der Waals surface area contributed by atoms with Crippen LogP contribution in [0.5, 0.6) is 0 Å². The van der Waals surface area contributed by atoms with Crippen molar-refractivity contribution in [2.75, 3.05) is 13.1 Å². The highest BCUT2D eigenvalue weighted by molar-refractivity contribution is 5.80. The normalized spacial score (nSPS) is 19.7. The molecular weight excluding hydrogens is 162 g/mol. The molecule has 0 aromatic heterocycles. The number of rotatable bonds is 4. The molecule has 0 bridgehead atoms. The number of carboxylic acids is 2. The summed E-state index contributed by atoms with van der Waals surface area (Å²) in [5, 5.41) is 17.1. The maximum Gasteiger partial charge on any atom is 0.321 e. The van der Waals surface area contributed by atoms with Crippen LogP contribution in [0, 0.1) is 0 Å². The summed E-state index contributed by atoms with van der Waals surface area (Å²) < 4.78 is 0. The van der Waals surface area contributed by atoms with Crippen LogP contribution in [0.1, 0.15) is 12.8 Å². The molecule has 1 saturated heterocycles. The molecule has 1 atom stereocenters. The molecule has 1 aliphatic heterocycles. The fourth-order valence-corrected chi connectivity index (χ4v) is 1.19. The van der Waals surface area contributed by atoms with Crippen LogP contribution in [0.4, 0.5) is 0 Å². The van der Waals surface area contributed by atoms with Crippen molar-refractivity contribution in [1.82, 2.24) is 4.90 Å². The first-order valence-electron chi connectivity index (χ1n) is 3.80. The van der Waals surface area contributed by atoms with Gasteiger partial charge in [-0.3, -0.25) is 14.5 Å². The van der Waals surface area contributed by atoms with Crippen molar-refractivity contribution in [3.63, 3.8) is 0 Å². The third-order valence-electron chi connectivity index (χ3n) is 1.98. The summed E-state index contributed by atoms with van der Waals surface area (Å²) in [4.78, 5) is 22.5. The fourth-order valence-electron chi connectivity index (χ4n) is 1.19. The molecule has 0 aromatic carbocycles. The van der Waals surface area contributed by atoms with Gasteiger partial charge in [-0.1, -0.05) is 0 Å². The number of likely N-dealkylation sites (tertiary alicyclic amines) is 1. The van der Waals surface area contributed by atoms with Crippen molar-refractivity contribution in [2.24, 2.45) is 0 Å². The van der Waals surface area contributed by atoms with E-state index in [1.165, 1.54) is 0 Å². The molecule has 0 radical (unpaired) electrons. The Morgan fingerprint density at radius 1 is 1.33 bits per heavy atom. The van der Waals surface area contributed by atoms with Crippen molar-refractivity contribution in [2.45, 2.75) is 18.9 Å². The second kappa shape index (κ2) is 3.53. The number of carboxylic acid groups (broad SMARTS) is 2. The minimum Gasteiger partial charge on any atom is -0.481 e. The van der Waals surface area contributed by atoms with Crippen LogP contribution >= 0.6 is 0 Å². The van der Waals surface area contributed by atoms with Crippen LogP contribution in [0.15, 0.2) is 0 Å². The molecular formula is C7H11NO4. The van der Waals surface area contributed by atoms with Gasteiger partial charge in [-0.2, -0.15) is 0 Å². The van der Waals surface area contributed by atoms with Gasteiger partial charge in [0.05, 0.1) is 6.42 Å². The molecule has 1 heterocycles. The predicted molar refractivity (Wildman–Crippen MR) is 39.9 cm³/mol. The van der Waals surface area contributed by atoms with Crippen molar-refractivity contribution >= 4 is 11.9 Å². The van der Waals surface area contributed by atoms with Crippen molar-refractivity contribution in [3.8, 4) is 0 Å². The summed E-state index contributed by atoms with van der Waals surface area (Å²) in [5.74, 6) is -2.11. The molecule has 5 heteroatoms. The maximum atomic E-state index is 10.6. The van der Waals surface area contributed by atoms with Gasteiger partial charge in [-0.15, -0.1) is 0 Å². The summed E-state index contributed by atoms with van der Waals surface area (Å²) in [6, 6.07) is -0.837. The van der Waals surface area contributed by atoms with E-state index in [4.69, 9.17) is 10.2 Å². The minimum atomic E-state index is -1.06. The molecule has 5 nitrogen and oxygen atoms in total. The molecule has 0 spiro atoms. The average molecular weight is 173 g/mol. The van der Waals surface area contributed by atoms with Crippen LogP contribution in [-0.4, -0.2) is 46.2 Å². The predicted octanol–water partition coefficient (Wildman–Crippen LogP) is -0.380. The molecule has 2 N–H and O–H groups in total. The van der Waals surface area contributed by atoms with Gasteiger partial charge in [0.25, 0.3) is 0 Å². The van der Waals surface area contributed by atoms with E-state index in [1.54, 1.807) is 4.90 Å². The van der Waals surface area contributed by atoms with Gasteiger partial charge in [0.1, 0.15) is 6.04 Å². The largest absolute Gasteiger partial charge is 0.481 e. The Balaban J connectivity index is 2.48. The summed E-state index contributed by atoms with van der Waals surface area (Å²) >= 11 is 0.